The molecule has 0 radical (unpaired) electrons. The van der Waals surface area contributed by atoms with E-state index in [9.17, 15) is 18.0 Å². The summed E-state index contributed by atoms with van der Waals surface area (Å²) in [5.41, 5.74) is 0. The number of carbonyl (C=O) groups is 1. The van der Waals surface area contributed by atoms with Crippen molar-refractivity contribution in [3.63, 3.8) is 0 Å². The molecule has 1 unspecified atom stereocenters. The molecule has 1 N–H and O–H groups in total. The van der Waals surface area contributed by atoms with E-state index >= 15 is 0 Å². The Morgan fingerprint density at radius 3 is 1.60 bits per heavy atom. The highest BCUT2D eigenvalue weighted by Gasteiger charge is 2.59. The molecule has 0 saturated carbocycles. The fourth-order valence-corrected chi connectivity index (χ4v) is 0.202. The Morgan fingerprint density at radius 2 is 1.60 bits per heavy atom. The van der Waals surface area contributed by atoms with Gasteiger partial charge in [-0.2, -0.15) is 8.78 Å². The highest BCUT2D eigenvalue weighted by atomic mass is 35.5. The van der Waals surface area contributed by atoms with E-state index in [0.29, 0.717) is 0 Å². The van der Waals surface area contributed by atoms with Crippen LogP contribution in [0.15, 0.2) is 0 Å². The van der Waals surface area contributed by atoms with Crippen molar-refractivity contribution in [2.45, 2.75) is 10.5 Å². The third-order valence-corrected chi connectivity index (χ3v) is 1.38. The van der Waals surface area contributed by atoms with Gasteiger partial charge in [0.1, 0.15) is 0 Å². The zero-order valence-corrected chi connectivity index (χ0v) is 5.76. The highest BCUT2D eigenvalue weighted by molar-refractivity contribution is 6.39. The van der Waals surface area contributed by atoms with Gasteiger partial charge in [-0.25, -0.2) is 9.18 Å². The zero-order valence-electron chi connectivity index (χ0n) is 4.25. The van der Waals surface area contributed by atoms with Crippen LogP contribution < -0.4 is 0 Å². The first-order valence-electron chi connectivity index (χ1n) is 1.87. The van der Waals surface area contributed by atoms with Crippen LogP contribution >= 0.6 is 23.2 Å². The van der Waals surface area contributed by atoms with Crippen LogP contribution in [-0.2, 0) is 4.79 Å². The highest BCUT2D eigenvalue weighted by Crippen LogP contribution is 2.39. The summed E-state index contributed by atoms with van der Waals surface area (Å²) in [4.78, 5) is 9.60. The molecular formula is C3HCl2F3O2. The van der Waals surface area contributed by atoms with Crippen LogP contribution in [0.1, 0.15) is 0 Å². The van der Waals surface area contributed by atoms with Gasteiger partial charge in [-0.3, -0.25) is 0 Å². The molecule has 0 aromatic carbocycles. The molecule has 0 bridgehead atoms. The lowest BCUT2D eigenvalue weighted by atomic mass is 10.4. The fraction of sp³-hybridized carbons (Fsp3) is 0.667. The predicted octanol–water partition coefficient (Wildman–Crippen LogP) is 1.81. The summed E-state index contributed by atoms with van der Waals surface area (Å²) in [7, 11) is 0. The third kappa shape index (κ3) is 1.67. The molecule has 0 heterocycles. The molecule has 10 heavy (non-hydrogen) atoms. The smallest absolute Gasteiger partial charge is 0.380 e. The Labute approximate surface area is 63.5 Å². The van der Waals surface area contributed by atoms with Gasteiger partial charge < -0.3 is 5.11 Å². The molecule has 0 fully saturated rings. The van der Waals surface area contributed by atoms with Crippen molar-refractivity contribution in [1.29, 1.82) is 0 Å². The van der Waals surface area contributed by atoms with E-state index in [0.717, 1.165) is 0 Å². The standard InChI is InChI=1S/C3HCl2F3O2/c4-2(6,1(9)10)3(5,7)8/h(H,9,10). The van der Waals surface area contributed by atoms with Gasteiger partial charge in [-0.05, 0) is 11.6 Å². The normalized spacial score (nSPS) is 18.1. The first kappa shape index (κ1) is 9.84. The minimum Gasteiger partial charge on any atom is -0.478 e. The number of rotatable bonds is 2. The molecule has 60 valence electrons. The Morgan fingerprint density at radius 1 is 1.30 bits per heavy atom. The summed E-state index contributed by atoms with van der Waals surface area (Å²) in [6.07, 6.45) is 0. The number of aliphatic carboxylic acids is 1. The Balaban J connectivity index is 4.57. The van der Waals surface area contributed by atoms with Crippen molar-refractivity contribution in [1.82, 2.24) is 0 Å². The summed E-state index contributed by atoms with van der Waals surface area (Å²) >= 11 is 8.20. The average Bonchev–Trinajstić information content (AvgIpc) is 1.62. The van der Waals surface area contributed by atoms with E-state index in [1.807, 2.05) is 0 Å². The largest absolute Gasteiger partial charge is 0.478 e. The van der Waals surface area contributed by atoms with E-state index in [4.69, 9.17) is 5.11 Å². The lowest BCUT2D eigenvalue weighted by Crippen LogP contribution is -2.41. The van der Waals surface area contributed by atoms with Gasteiger partial charge in [-0.1, -0.05) is 11.6 Å². The van der Waals surface area contributed by atoms with Crippen LogP contribution in [0.25, 0.3) is 0 Å². The van der Waals surface area contributed by atoms with Gasteiger partial charge in [0.25, 0.3) is 0 Å². The van der Waals surface area contributed by atoms with Gasteiger partial charge in [0, 0.05) is 0 Å². The minimum atomic E-state index is -4.61. The molecule has 1 atom stereocenters. The first-order chi connectivity index (χ1) is 4.19. The molecule has 2 nitrogen and oxygen atoms in total. The van der Waals surface area contributed by atoms with E-state index in [1.165, 1.54) is 0 Å². The molecule has 0 aromatic heterocycles. The molecule has 0 aliphatic rings. The van der Waals surface area contributed by atoms with Gasteiger partial charge in [0.2, 0.25) is 0 Å². The van der Waals surface area contributed by atoms with Crippen LogP contribution in [0.5, 0.6) is 0 Å². The minimum absolute atomic E-state index is 2.52. The van der Waals surface area contributed by atoms with Crippen LogP contribution in [0.4, 0.5) is 13.2 Å². The monoisotopic (exact) mass is 196 g/mol. The molecule has 7 heteroatoms. The van der Waals surface area contributed by atoms with Gasteiger partial charge in [-0.15, -0.1) is 0 Å². The Bertz CT molecular complexity index is 152. The summed E-state index contributed by atoms with van der Waals surface area (Å²) in [6.45, 7) is 0. The SMILES string of the molecule is O=C(O)C(F)(Cl)C(F)(F)Cl. The number of carboxylic acids is 1. The molecule has 0 aromatic rings. The maximum atomic E-state index is 12.0. The van der Waals surface area contributed by atoms with Crippen LogP contribution in [0.3, 0.4) is 0 Å². The fourth-order valence-electron chi connectivity index (χ4n) is 0.121. The topological polar surface area (TPSA) is 37.3 Å². The van der Waals surface area contributed by atoms with Crippen molar-refractivity contribution < 1.29 is 23.1 Å². The van der Waals surface area contributed by atoms with Crippen LogP contribution in [0, 0.1) is 0 Å². The maximum absolute atomic E-state index is 12.0. The molecule has 0 aliphatic carbocycles. The average molecular weight is 197 g/mol. The number of hydrogen-bond donors (Lipinski definition) is 1. The maximum Gasteiger partial charge on any atom is 0.380 e. The van der Waals surface area contributed by atoms with Gasteiger partial charge in [0.05, 0.1) is 0 Å². The van der Waals surface area contributed by atoms with Crippen molar-refractivity contribution in [2.75, 3.05) is 0 Å². The third-order valence-electron chi connectivity index (χ3n) is 0.625. The molecule has 0 amide bonds. The summed E-state index contributed by atoms with van der Waals surface area (Å²) in [5, 5.41) is -1.15. The number of hydrogen-bond acceptors (Lipinski definition) is 1. The van der Waals surface area contributed by atoms with E-state index < -0.39 is 16.5 Å². The molecular weight excluding hydrogens is 196 g/mol. The number of halogens is 5. The number of carboxylic acid groups (broad SMARTS) is 1. The second-order valence-electron chi connectivity index (χ2n) is 1.38. The predicted molar refractivity (Wildman–Crippen MR) is 28.1 cm³/mol. The van der Waals surface area contributed by atoms with E-state index in [1.54, 1.807) is 0 Å². The summed E-state index contributed by atoms with van der Waals surface area (Å²) in [5.74, 6) is -2.52. The summed E-state index contributed by atoms with van der Waals surface area (Å²) < 4.78 is 35.3. The van der Waals surface area contributed by atoms with Crippen molar-refractivity contribution in [3.8, 4) is 0 Å². The Hall–Kier alpha value is -0.160. The lowest BCUT2D eigenvalue weighted by Gasteiger charge is -2.16. The second kappa shape index (κ2) is 2.47. The Kier molecular flexibility index (Phi) is 2.43. The molecule has 0 spiro atoms. The van der Waals surface area contributed by atoms with Gasteiger partial charge in [0.15, 0.2) is 0 Å². The van der Waals surface area contributed by atoms with E-state index in [-0.39, 0.29) is 0 Å². The summed E-state index contributed by atoms with van der Waals surface area (Å²) in [6, 6.07) is 0. The van der Waals surface area contributed by atoms with Crippen molar-refractivity contribution in [2.24, 2.45) is 0 Å². The van der Waals surface area contributed by atoms with Gasteiger partial charge >= 0.3 is 16.5 Å². The first-order valence-corrected chi connectivity index (χ1v) is 2.63. The van der Waals surface area contributed by atoms with Crippen LogP contribution in [0.2, 0.25) is 0 Å². The van der Waals surface area contributed by atoms with Crippen molar-refractivity contribution in [3.05, 3.63) is 0 Å². The van der Waals surface area contributed by atoms with Crippen LogP contribution in [-0.4, -0.2) is 21.6 Å². The number of alkyl halides is 5. The zero-order chi connectivity index (χ0) is 8.58. The lowest BCUT2D eigenvalue weighted by molar-refractivity contribution is -0.156. The molecule has 0 aliphatic heterocycles. The molecule has 0 rings (SSSR count). The van der Waals surface area contributed by atoms with E-state index in [2.05, 4.69) is 23.2 Å². The van der Waals surface area contributed by atoms with Crippen molar-refractivity contribution >= 4 is 29.2 Å². The second-order valence-corrected chi connectivity index (χ2v) is 2.37. The quantitative estimate of drug-likeness (QED) is 0.685. The molecule has 0 saturated heterocycles.